The van der Waals surface area contributed by atoms with E-state index in [0.29, 0.717) is 5.56 Å². The number of rotatable bonds is 1. The lowest BCUT2D eigenvalue weighted by Crippen LogP contribution is -2.07. The van der Waals surface area contributed by atoms with Gasteiger partial charge in [-0.05, 0) is 24.6 Å². The van der Waals surface area contributed by atoms with Crippen LogP contribution in [-0.4, -0.2) is 7.11 Å². The van der Waals surface area contributed by atoms with Crippen molar-refractivity contribution in [3.63, 3.8) is 0 Å². The highest BCUT2D eigenvalue weighted by Crippen LogP contribution is 2.38. The number of aryl methyl sites for hydroxylation is 1. The predicted octanol–water partition coefficient (Wildman–Crippen LogP) is 4.70. The Balaban J connectivity index is 0.00000106. The van der Waals surface area contributed by atoms with E-state index in [1.54, 1.807) is 6.92 Å². The average Bonchev–Trinajstić information content (AvgIpc) is 2.23. The molecule has 1 nitrogen and oxygen atoms in total. The molecule has 16 heavy (non-hydrogen) atoms. The molecule has 1 rings (SSSR count). The number of ether oxygens (including phenoxy) is 1. The molecule has 0 atom stereocenters. The molecule has 0 aromatic heterocycles. The van der Waals surface area contributed by atoms with Gasteiger partial charge >= 0.3 is 6.18 Å². The second kappa shape index (κ2) is 5.99. The molecule has 0 unspecified atom stereocenters. The molecule has 0 aliphatic heterocycles. The summed E-state index contributed by atoms with van der Waals surface area (Å²) < 4.78 is 41.9. The molecule has 0 saturated carbocycles. The molecule has 0 heterocycles. The van der Waals surface area contributed by atoms with Gasteiger partial charge in [0.2, 0.25) is 0 Å². The van der Waals surface area contributed by atoms with E-state index in [0.717, 1.165) is 6.07 Å². The van der Waals surface area contributed by atoms with Crippen molar-refractivity contribution in [3.8, 4) is 5.75 Å². The Bertz CT molecular complexity index is 348. The van der Waals surface area contributed by atoms with Crippen LogP contribution >= 0.6 is 11.6 Å². The summed E-state index contributed by atoms with van der Waals surface area (Å²) in [4.78, 5) is 0. The summed E-state index contributed by atoms with van der Waals surface area (Å²) in [6.45, 7) is 5.62. The van der Waals surface area contributed by atoms with Gasteiger partial charge in [0.15, 0.2) is 0 Å². The maximum absolute atomic E-state index is 12.4. The average molecular weight is 255 g/mol. The van der Waals surface area contributed by atoms with Crippen molar-refractivity contribution in [2.45, 2.75) is 26.9 Å². The maximum Gasteiger partial charge on any atom is 0.420 e. The van der Waals surface area contributed by atoms with Gasteiger partial charge in [-0.15, -0.1) is 0 Å². The van der Waals surface area contributed by atoms with Crippen molar-refractivity contribution < 1.29 is 17.9 Å². The van der Waals surface area contributed by atoms with Crippen LogP contribution in [0.4, 0.5) is 13.2 Å². The van der Waals surface area contributed by atoms with E-state index in [4.69, 9.17) is 11.6 Å². The third-order valence-electron chi connectivity index (χ3n) is 1.79. The molecule has 1 aromatic carbocycles. The zero-order chi connectivity index (χ0) is 12.9. The first-order valence-electron chi connectivity index (χ1n) is 4.77. The fourth-order valence-electron chi connectivity index (χ4n) is 1.05. The molecular weight excluding hydrogens is 241 g/mol. The molecule has 0 aliphatic rings. The van der Waals surface area contributed by atoms with E-state index < -0.39 is 11.7 Å². The Labute approximate surface area is 98.2 Å². The first-order chi connectivity index (χ1) is 7.36. The Morgan fingerprint density at radius 1 is 1.19 bits per heavy atom. The lowest BCUT2D eigenvalue weighted by molar-refractivity contribution is -0.138. The van der Waals surface area contributed by atoms with Crippen LogP contribution < -0.4 is 4.74 Å². The van der Waals surface area contributed by atoms with Crippen LogP contribution in [0.1, 0.15) is 25.0 Å². The minimum atomic E-state index is -4.44. The van der Waals surface area contributed by atoms with Crippen molar-refractivity contribution >= 4 is 11.6 Å². The lowest BCUT2D eigenvalue weighted by atomic mass is 10.1. The van der Waals surface area contributed by atoms with E-state index in [9.17, 15) is 13.2 Å². The number of halogens is 4. The highest BCUT2D eigenvalue weighted by Gasteiger charge is 2.34. The first kappa shape index (κ1) is 15.1. The molecule has 5 heteroatoms. The first-order valence-corrected chi connectivity index (χ1v) is 5.15. The number of hydrogen-bond acceptors (Lipinski definition) is 1. The minimum Gasteiger partial charge on any atom is -0.496 e. The van der Waals surface area contributed by atoms with E-state index in [2.05, 4.69) is 4.74 Å². The smallest absolute Gasteiger partial charge is 0.420 e. The molecule has 0 saturated heterocycles. The van der Waals surface area contributed by atoms with Gasteiger partial charge in [-0.3, -0.25) is 0 Å². The van der Waals surface area contributed by atoms with Crippen LogP contribution in [0, 0.1) is 6.92 Å². The SMILES string of the molecule is CC.COc1cc(C)c(Cl)cc1C(F)(F)F. The van der Waals surface area contributed by atoms with Crippen LogP contribution in [0.2, 0.25) is 5.02 Å². The third-order valence-corrected chi connectivity index (χ3v) is 2.19. The van der Waals surface area contributed by atoms with Gasteiger partial charge in [0.1, 0.15) is 5.75 Å². The quantitative estimate of drug-likeness (QED) is 0.706. The van der Waals surface area contributed by atoms with Gasteiger partial charge in [0.25, 0.3) is 0 Å². The highest BCUT2D eigenvalue weighted by molar-refractivity contribution is 6.31. The van der Waals surface area contributed by atoms with E-state index in [-0.39, 0.29) is 10.8 Å². The second-order valence-corrected chi connectivity index (χ2v) is 3.21. The largest absolute Gasteiger partial charge is 0.496 e. The molecule has 0 spiro atoms. The van der Waals surface area contributed by atoms with Crippen LogP contribution in [0.25, 0.3) is 0 Å². The minimum absolute atomic E-state index is 0.0816. The summed E-state index contributed by atoms with van der Waals surface area (Å²) in [6, 6.07) is 2.14. The Morgan fingerprint density at radius 3 is 2.06 bits per heavy atom. The van der Waals surface area contributed by atoms with E-state index in [1.807, 2.05) is 13.8 Å². The molecule has 0 bridgehead atoms. The van der Waals surface area contributed by atoms with Gasteiger partial charge in [-0.2, -0.15) is 13.2 Å². The second-order valence-electron chi connectivity index (χ2n) is 2.80. The molecule has 0 aliphatic carbocycles. The molecule has 92 valence electrons. The summed E-state index contributed by atoms with van der Waals surface area (Å²) in [5, 5.41) is 0.0816. The summed E-state index contributed by atoms with van der Waals surface area (Å²) in [7, 11) is 1.19. The standard InChI is InChI=1S/C9H8ClF3O.C2H6/c1-5-3-8(14-2)6(4-7(5)10)9(11,12)13;1-2/h3-4H,1-2H3;1-2H3. The van der Waals surface area contributed by atoms with Gasteiger partial charge in [0, 0.05) is 5.02 Å². The number of hydrogen-bond donors (Lipinski definition) is 0. The molecule has 0 radical (unpaired) electrons. The zero-order valence-corrected chi connectivity index (χ0v) is 10.3. The van der Waals surface area contributed by atoms with Gasteiger partial charge in [-0.1, -0.05) is 25.4 Å². The van der Waals surface area contributed by atoms with E-state index >= 15 is 0 Å². The van der Waals surface area contributed by atoms with Crippen LogP contribution in [0.3, 0.4) is 0 Å². The van der Waals surface area contributed by atoms with Crippen LogP contribution in [-0.2, 0) is 6.18 Å². The van der Waals surface area contributed by atoms with Gasteiger partial charge in [0.05, 0.1) is 12.7 Å². The number of benzene rings is 1. The molecular formula is C11H14ClF3O. The summed E-state index contributed by atoms with van der Waals surface area (Å²) in [5.41, 5.74) is -0.299. The summed E-state index contributed by atoms with van der Waals surface area (Å²) >= 11 is 5.59. The monoisotopic (exact) mass is 254 g/mol. The topological polar surface area (TPSA) is 9.23 Å². The predicted molar refractivity (Wildman–Crippen MR) is 59.1 cm³/mol. The van der Waals surface area contributed by atoms with Crippen LogP contribution in [0.15, 0.2) is 12.1 Å². The molecule has 0 amide bonds. The van der Waals surface area contributed by atoms with E-state index in [1.165, 1.54) is 13.2 Å². The van der Waals surface area contributed by atoms with Crippen molar-refractivity contribution in [3.05, 3.63) is 28.3 Å². The Morgan fingerprint density at radius 2 is 1.69 bits per heavy atom. The zero-order valence-electron chi connectivity index (χ0n) is 9.57. The van der Waals surface area contributed by atoms with Crippen molar-refractivity contribution in [1.29, 1.82) is 0 Å². The number of methoxy groups -OCH3 is 1. The normalized spacial score (nSPS) is 10.5. The van der Waals surface area contributed by atoms with Gasteiger partial charge in [-0.25, -0.2) is 0 Å². The van der Waals surface area contributed by atoms with Crippen molar-refractivity contribution in [2.75, 3.05) is 7.11 Å². The number of alkyl halides is 3. The Hall–Kier alpha value is -0.900. The lowest BCUT2D eigenvalue weighted by Gasteiger charge is -2.13. The highest BCUT2D eigenvalue weighted by atomic mass is 35.5. The van der Waals surface area contributed by atoms with Crippen molar-refractivity contribution in [2.24, 2.45) is 0 Å². The third kappa shape index (κ3) is 3.59. The Kier molecular flexibility index (Phi) is 5.65. The van der Waals surface area contributed by atoms with Crippen LogP contribution in [0.5, 0.6) is 5.75 Å². The summed E-state index contributed by atoms with van der Waals surface area (Å²) in [5.74, 6) is -0.209. The fourth-order valence-corrected chi connectivity index (χ4v) is 1.21. The van der Waals surface area contributed by atoms with Crippen molar-refractivity contribution in [1.82, 2.24) is 0 Å². The molecule has 1 aromatic rings. The maximum atomic E-state index is 12.4. The molecule has 0 N–H and O–H groups in total. The fraction of sp³-hybridized carbons (Fsp3) is 0.455. The summed E-state index contributed by atoms with van der Waals surface area (Å²) in [6.07, 6.45) is -4.44. The van der Waals surface area contributed by atoms with Gasteiger partial charge < -0.3 is 4.74 Å². The molecule has 0 fully saturated rings.